The van der Waals surface area contributed by atoms with Gasteiger partial charge in [0.15, 0.2) is 0 Å². The predicted molar refractivity (Wildman–Crippen MR) is 78.9 cm³/mol. The highest BCUT2D eigenvalue weighted by molar-refractivity contribution is 4.86. The van der Waals surface area contributed by atoms with Crippen molar-refractivity contribution in [3.05, 3.63) is 0 Å². The van der Waals surface area contributed by atoms with Crippen molar-refractivity contribution >= 4 is 0 Å². The second-order valence-corrected chi connectivity index (χ2v) is 6.58. The SMILES string of the molecule is CCC(C)C1CN(C(C)C2CCCC2)CCCN1. The predicted octanol–water partition coefficient (Wildman–Crippen LogP) is 3.28. The van der Waals surface area contributed by atoms with Crippen LogP contribution in [0.25, 0.3) is 0 Å². The first kappa shape index (κ1) is 14.3. The van der Waals surface area contributed by atoms with Crippen LogP contribution in [0.1, 0.15) is 59.3 Å². The Hall–Kier alpha value is -0.0800. The maximum atomic E-state index is 3.77. The van der Waals surface area contributed by atoms with Crippen molar-refractivity contribution in [1.82, 2.24) is 10.2 Å². The van der Waals surface area contributed by atoms with E-state index >= 15 is 0 Å². The fraction of sp³-hybridized carbons (Fsp3) is 1.00. The van der Waals surface area contributed by atoms with Gasteiger partial charge in [-0.2, -0.15) is 0 Å². The molecule has 0 aromatic carbocycles. The van der Waals surface area contributed by atoms with Gasteiger partial charge in [0, 0.05) is 18.6 Å². The third-order valence-electron chi connectivity index (χ3n) is 5.45. The van der Waals surface area contributed by atoms with E-state index in [-0.39, 0.29) is 0 Å². The monoisotopic (exact) mass is 252 g/mol. The van der Waals surface area contributed by atoms with Crippen molar-refractivity contribution in [2.24, 2.45) is 11.8 Å². The Morgan fingerprint density at radius 1 is 1.17 bits per heavy atom. The van der Waals surface area contributed by atoms with E-state index in [1.807, 2.05) is 0 Å². The van der Waals surface area contributed by atoms with E-state index in [2.05, 4.69) is 31.0 Å². The molecule has 1 saturated carbocycles. The van der Waals surface area contributed by atoms with Gasteiger partial charge in [-0.1, -0.05) is 33.1 Å². The molecule has 1 aliphatic carbocycles. The van der Waals surface area contributed by atoms with E-state index in [4.69, 9.17) is 0 Å². The minimum atomic E-state index is 0.710. The van der Waals surface area contributed by atoms with Gasteiger partial charge in [-0.05, 0) is 51.1 Å². The van der Waals surface area contributed by atoms with Crippen LogP contribution in [0.2, 0.25) is 0 Å². The molecule has 0 aromatic heterocycles. The third-order valence-corrected chi connectivity index (χ3v) is 5.45. The quantitative estimate of drug-likeness (QED) is 0.826. The molecule has 0 bridgehead atoms. The summed E-state index contributed by atoms with van der Waals surface area (Å²) in [6, 6.07) is 1.51. The highest BCUT2D eigenvalue weighted by atomic mass is 15.2. The summed E-state index contributed by atoms with van der Waals surface area (Å²) in [6.45, 7) is 11.0. The first-order chi connectivity index (χ1) is 8.72. The fourth-order valence-electron chi connectivity index (χ4n) is 3.75. The van der Waals surface area contributed by atoms with Crippen molar-refractivity contribution in [2.45, 2.75) is 71.4 Å². The average molecular weight is 252 g/mol. The number of hydrogen-bond donors (Lipinski definition) is 1. The Morgan fingerprint density at radius 2 is 1.89 bits per heavy atom. The lowest BCUT2D eigenvalue weighted by molar-refractivity contribution is 0.142. The Morgan fingerprint density at radius 3 is 2.56 bits per heavy atom. The first-order valence-corrected chi connectivity index (χ1v) is 8.19. The van der Waals surface area contributed by atoms with Crippen LogP contribution >= 0.6 is 0 Å². The van der Waals surface area contributed by atoms with E-state index in [1.165, 1.54) is 58.2 Å². The molecule has 1 N–H and O–H groups in total. The number of nitrogens with zero attached hydrogens (tertiary/aromatic N) is 1. The standard InChI is InChI=1S/C16H32N2/c1-4-13(2)16-12-18(11-7-10-17-16)14(3)15-8-5-6-9-15/h13-17H,4-12H2,1-3H3. The minimum absolute atomic E-state index is 0.710. The van der Waals surface area contributed by atoms with E-state index < -0.39 is 0 Å². The van der Waals surface area contributed by atoms with Crippen LogP contribution in [0.15, 0.2) is 0 Å². The molecule has 18 heavy (non-hydrogen) atoms. The lowest BCUT2D eigenvalue weighted by atomic mass is 9.95. The topological polar surface area (TPSA) is 15.3 Å². The van der Waals surface area contributed by atoms with Gasteiger partial charge in [0.2, 0.25) is 0 Å². The normalized spacial score (nSPS) is 31.2. The van der Waals surface area contributed by atoms with Gasteiger partial charge in [-0.15, -0.1) is 0 Å². The molecule has 2 aliphatic rings. The molecule has 2 fully saturated rings. The molecule has 2 nitrogen and oxygen atoms in total. The Bertz CT molecular complexity index is 235. The molecule has 0 spiro atoms. The molecular formula is C16H32N2. The summed E-state index contributed by atoms with van der Waals surface area (Å²) in [5.41, 5.74) is 0. The van der Waals surface area contributed by atoms with Gasteiger partial charge < -0.3 is 5.32 Å². The summed E-state index contributed by atoms with van der Waals surface area (Å²) in [5, 5.41) is 3.77. The van der Waals surface area contributed by atoms with E-state index in [0.717, 1.165) is 17.9 Å². The molecule has 1 saturated heterocycles. The van der Waals surface area contributed by atoms with E-state index in [0.29, 0.717) is 6.04 Å². The van der Waals surface area contributed by atoms with Gasteiger partial charge in [0.05, 0.1) is 0 Å². The lowest BCUT2D eigenvalue weighted by Crippen LogP contribution is -2.46. The summed E-state index contributed by atoms with van der Waals surface area (Å²) < 4.78 is 0. The van der Waals surface area contributed by atoms with Crippen LogP contribution in [0.3, 0.4) is 0 Å². The van der Waals surface area contributed by atoms with Gasteiger partial charge in [-0.25, -0.2) is 0 Å². The summed E-state index contributed by atoms with van der Waals surface area (Å²) in [6.07, 6.45) is 8.50. The molecule has 0 amide bonds. The molecule has 1 heterocycles. The van der Waals surface area contributed by atoms with Gasteiger partial charge >= 0.3 is 0 Å². The first-order valence-electron chi connectivity index (χ1n) is 8.19. The maximum Gasteiger partial charge on any atom is 0.0220 e. The second-order valence-electron chi connectivity index (χ2n) is 6.58. The summed E-state index contributed by atoms with van der Waals surface area (Å²) in [7, 11) is 0. The largest absolute Gasteiger partial charge is 0.312 e. The highest BCUT2D eigenvalue weighted by Crippen LogP contribution is 2.30. The molecule has 2 heteroatoms. The zero-order chi connectivity index (χ0) is 13.0. The fourth-order valence-corrected chi connectivity index (χ4v) is 3.75. The summed E-state index contributed by atoms with van der Waals surface area (Å²) in [5.74, 6) is 1.78. The summed E-state index contributed by atoms with van der Waals surface area (Å²) in [4.78, 5) is 2.78. The van der Waals surface area contributed by atoms with Gasteiger partial charge in [0.1, 0.15) is 0 Å². The van der Waals surface area contributed by atoms with Crippen molar-refractivity contribution in [2.75, 3.05) is 19.6 Å². The number of hydrogen-bond acceptors (Lipinski definition) is 2. The van der Waals surface area contributed by atoms with Crippen LogP contribution in [-0.4, -0.2) is 36.6 Å². The highest BCUT2D eigenvalue weighted by Gasteiger charge is 2.29. The smallest absolute Gasteiger partial charge is 0.0220 e. The Balaban J connectivity index is 1.93. The Kier molecular flexibility index (Phi) is 5.50. The molecular weight excluding hydrogens is 220 g/mol. The van der Waals surface area contributed by atoms with Crippen LogP contribution in [0.5, 0.6) is 0 Å². The van der Waals surface area contributed by atoms with Crippen molar-refractivity contribution in [1.29, 1.82) is 0 Å². The number of nitrogens with one attached hydrogen (secondary N) is 1. The van der Waals surface area contributed by atoms with Gasteiger partial charge in [0.25, 0.3) is 0 Å². The Labute approximate surface area is 114 Å². The molecule has 0 radical (unpaired) electrons. The van der Waals surface area contributed by atoms with Crippen LogP contribution in [-0.2, 0) is 0 Å². The summed E-state index contributed by atoms with van der Waals surface area (Å²) >= 11 is 0. The minimum Gasteiger partial charge on any atom is -0.312 e. The molecule has 3 unspecified atom stereocenters. The van der Waals surface area contributed by atoms with E-state index in [9.17, 15) is 0 Å². The molecule has 2 rings (SSSR count). The van der Waals surface area contributed by atoms with Crippen LogP contribution < -0.4 is 5.32 Å². The average Bonchev–Trinajstić information content (AvgIpc) is 2.81. The molecule has 3 atom stereocenters. The van der Waals surface area contributed by atoms with Crippen LogP contribution in [0, 0.1) is 11.8 Å². The molecule has 0 aromatic rings. The zero-order valence-corrected chi connectivity index (χ0v) is 12.6. The van der Waals surface area contributed by atoms with Crippen molar-refractivity contribution in [3.8, 4) is 0 Å². The number of rotatable bonds is 4. The molecule has 1 aliphatic heterocycles. The lowest BCUT2D eigenvalue weighted by Gasteiger charge is -2.35. The second kappa shape index (κ2) is 6.91. The zero-order valence-electron chi connectivity index (χ0n) is 12.6. The molecule has 106 valence electrons. The van der Waals surface area contributed by atoms with Crippen molar-refractivity contribution in [3.63, 3.8) is 0 Å². The van der Waals surface area contributed by atoms with Crippen LogP contribution in [0.4, 0.5) is 0 Å². The van der Waals surface area contributed by atoms with E-state index in [1.54, 1.807) is 0 Å². The maximum absolute atomic E-state index is 3.77. The third kappa shape index (κ3) is 3.48. The van der Waals surface area contributed by atoms with Gasteiger partial charge in [-0.3, -0.25) is 4.90 Å². The van der Waals surface area contributed by atoms with Crippen molar-refractivity contribution < 1.29 is 0 Å².